The van der Waals surface area contributed by atoms with Crippen LogP contribution in [-0.2, 0) is 10.0 Å². The second-order valence-corrected chi connectivity index (χ2v) is 7.80. The maximum Gasteiger partial charge on any atom is 0.208 e. The van der Waals surface area contributed by atoms with Crippen molar-refractivity contribution in [2.75, 3.05) is 52.1 Å². The van der Waals surface area contributed by atoms with Crippen LogP contribution in [0.1, 0.15) is 39.0 Å². The van der Waals surface area contributed by atoms with Gasteiger partial charge in [0.1, 0.15) is 0 Å². The molecule has 1 saturated heterocycles. The van der Waals surface area contributed by atoms with Gasteiger partial charge in [-0.05, 0) is 45.8 Å². The Bertz CT molecular complexity index is 431. The van der Waals surface area contributed by atoms with Crippen LogP contribution in [0.3, 0.4) is 0 Å². The number of aliphatic imine (C=N–C) groups is 1. The fraction of sp³-hybridized carbons (Fsp3) is 0.933. The second kappa shape index (κ2) is 11.6. The Hall–Kier alpha value is -0.860. The van der Waals surface area contributed by atoms with E-state index in [0.717, 1.165) is 38.3 Å². The summed E-state index contributed by atoms with van der Waals surface area (Å²) in [5.74, 6) is 0.749. The summed E-state index contributed by atoms with van der Waals surface area (Å²) in [5, 5.41) is 6.32. The van der Waals surface area contributed by atoms with Gasteiger partial charge in [-0.1, -0.05) is 12.8 Å². The molecule has 0 saturated carbocycles. The van der Waals surface area contributed by atoms with E-state index in [9.17, 15) is 8.42 Å². The van der Waals surface area contributed by atoms with E-state index in [1.807, 2.05) is 6.92 Å². The zero-order valence-corrected chi connectivity index (χ0v) is 15.4. The van der Waals surface area contributed by atoms with Crippen molar-refractivity contribution in [2.45, 2.75) is 39.0 Å². The van der Waals surface area contributed by atoms with Crippen LogP contribution in [-0.4, -0.2) is 71.3 Å². The highest BCUT2D eigenvalue weighted by atomic mass is 32.2. The molecule has 1 heterocycles. The lowest BCUT2D eigenvalue weighted by molar-refractivity contribution is 0.283. The molecular formula is C15H33N5O2S. The van der Waals surface area contributed by atoms with E-state index in [1.54, 1.807) is 0 Å². The number of nitrogens with one attached hydrogen (secondary N) is 3. The zero-order chi connectivity index (χ0) is 17.0. The molecule has 1 aliphatic heterocycles. The van der Waals surface area contributed by atoms with Crippen molar-refractivity contribution in [1.29, 1.82) is 0 Å². The molecule has 0 aromatic rings. The number of sulfonamides is 1. The third-order valence-corrected chi connectivity index (χ3v) is 4.46. The van der Waals surface area contributed by atoms with E-state index in [1.165, 1.54) is 38.8 Å². The molecule has 0 spiro atoms. The molecule has 3 N–H and O–H groups in total. The van der Waals surface area contributed by atoms with Crippen LogP contribution in [0, 0.1) is 0 Å². The summed E-state index contributed by atoms with van der Waals surface area (Å²) in [7, 11) is -3.13. The van der Waals surface area contributed by atoms with Crippen LogP contribution in [0.5, 0.6) is 0 Å². The van der Waals surface area contributed by atoms with Crippen molar-refractivity contribution in [3.05, 3.63) is 0 Å². The summed E-state index contributed by atoms with van der Waals surface area (Å²) < 4.78 is 24.5. The van der Waals surface area contributed by atoms with Gasteiger partial charge in [0.2, 0.25) is 10.0 Å². The Morgan fingerprint density at radius 1 is 1.09 bits per heavy atom. The fourth-order valence-electron chi connectivity index (χ4n) is 2.60. The quantitative estimate of drug-likeness (QED) is 0.318. The highest BCUT2D eigenvalue weighted by Gasteiger charge is 2.08. The lowest BCUT2D eigenvalue weighted by Gasteiger charge is -2.19. The minimum Gasteiger partial charge on any atom is -0.357 e. The second-order valence-electron chi connectivity index (χ2n) is 5.96. The number of nitrogens with zero attached hydrogens (tertiary/aromatic N) is 2. The first kappa shape index (κ1) is 20.2. The van der Waals surface area contributed by atoms with Gasteiger partial charge in [0, 0.05) is 26.2 Å². The molecular weight excluding hydrogens is 314 g/mol. The third-order valence-electron chi connectivity index (χ3n) is 3.73. The first-order valence-electron chi connectivity index (χ1n) is 8.70. The smallest absolute Gasteiger partial charge is 0.208 e. The largest absolute Gasteiger partial charge is 0.357 e. The zero-order valence-electron chi connectivity index (χ0n) is 14.6. The average molecular weight is 348 g/mol. The monoisotopic (exact) mass is 347 g/mol. The van der Waals surface area contributed by atoms with E-state index < -0.39 is 10.0 Å². The summed E-state index contributed by atoms with van der Waals surface area (Å²) in [6, 6.07) is 0. The van der Waals surface area contributed by atoms with E-state index in [4.69, 9.17) is 0 Å². The molecule has 1 rings (SSSR count). The lowest BCUT2D eigenvalue weighted by Crippen LogP contribution is -2.41. The average Bonchev–Trinajstić information content (AvgIpc) is 2.75. The van der Waals surface area contributed by atoms with Gasteiger partial charge in [-0.15, -0.1) is 0 Å². The molecule has 0 aromatic heterocycles. The Balaban J connectivity index is 2.22. The molecule has 136 valence electrons. The van der Waals surface area contributed by atoms with Gasteiger partial charge in [0.25, 0.3) is 0 Å². The highest BCUT2D eigenvalue weighted by molar-refractivity contribution is 7.88. The van der Waals surface area contributed by atoms with Crippen molar-refractivity contribution < 1.29 is 8.42 Å². The Morgan fingerprint density at radius 3 is 2.39 bits per heavy atom. The molecule has 0 amide bonds. The van der Waals surface area contributed by atoms with Gasteiger partial charge in [0.05, 0.1) is 6.26 Å². The first-order valence-corrected chi connectivity index (χ1v) is 10.6. The number of rotatable bonds is 9. The van der Waals surface area contributed by atoms with Crippen molar-refractivity contribution >= 4 is 16.0 Å². The molecule has 0 radical (unpaired) electrons. The normalized spacial score (nSPS) is 17.7. The topological polar surface area (TPSA) is 85.8 Å². The van der Waals surface area contributed by atoms with Gasteiger partial charge in [-0.3, -0.25) is 4.99 Å². The SMILES string of the molecule is CCNC(=NCCCN1CCCCCC1)NCCNS(C)(=O)=O. The predicted molar refractivity (Wildman–Crippen MR) is 96.4 cm³/mol. The van der Waals surface area contributed by atoms with Crippen LogP contribution < -0.4 is 15.4 Å². The summed E-state index contributed by atoms with van der Waals surface area (Å²) in [6.45, 7) is 8.02. The van der Waals surface area contributed by atoms with E-state index in [2.05, 4.69) is 25.2 Å². The number of likely N-dealkylation sites (tertiary alicyclic amines) is 1. The van der Waals surface area contributed by atoms with E-state index in [0.29, 0.717) is 13.1 Å². The molecule has 0 unspecified atom stereocenters. The molecule has 7 nitrogen and oxygen atoms in total. The summed E-state index contributed by atoms with van der Waals surface area (Å²) in [5.41, 5.74) is 0. The number of hydrogen-bond donors (Lipinski definition) is 3. The molecule has 0 bridgehead atoms. The Morgan fingerprint density at radius 2 is 1.78 bits per heavy atom. The van der Waals surface area contributed by atoms with Crippen molar-refractivity contribution in [2.24, 2.45) is 4.99 Å². The first-order chi connectivity index (χ1) is 11.0. The number of guanidine groups is 1. The van der Waals surface area contributed by atoms with Crippen LogP contribution in [0.4, 0.5) is 0 Å². The molecule has 1 fully saturated rings. The van der Waals surface area contributed by atoms with Crippen LogP contribution in [0.2, 0.25) is 0 Å². The van der Waals surface area contributed by atoms with E-state index >= 15 is 0 Å². The molecule has 0 atom stereocenters. The van der Waals surface area contributed by atoms with E-state index in [-0.39, 0.29) is 0 Å². The maximum atomic E-state index is 11.0. The predicted octanol–water partition coefficient (Wildman–Crippen LogP) is 0.357. The van der Waals surface area contributed by atoms with Gasteiger partial charge in [-0.25, -0.2) is 13.1 Å². The number of hydrogen-bond acceptors (Lipinski definition) is 4. The molecule has 1 aliphatic rings. The molecule has 0 aliphatic carbocycles. The van der Waals surface area contributed by atoms with Crippen molar-refractivity contribution in [1.82, 2.24) is 20.3 Å². The Labute approximate surface area is 141 Å². The van der Waals surface area contributed by atoms with Crippen molar-refractivity contribution in [3.63, 3.8) is 0 Å². The van der Waals surface area contributed by atoms with Crippen molar-refractivity contribution in [3.8, 4) is 0 Å². The van der Waals surface area contributed by atoms with Gasteiger partial charge in [-0.2, -0.15) is 0 Å². The standard InChI is InChI=1S/C15H33N5O2S/c1-3-16-15(18-10-11-19-23(2,21)22)17-9-8-14-20-12-6-4-5-7-13-20/h19H,3-14H2,1-2H3,(H2,16,17,18). The van der Waals surface area contributed by atoms with Crippen LogP contribution in [0.15, 0.2) is 4.99 Å². The third kappa shape index (κ3) is 11.3. The van der Waals surface area contributed by atoms with Crippen LogP contribution in [0.25, 0.3) is 0 Å². The minimum absolute atomic E-state index is 0.358. The molecule has 23 heavy (non-hydrogen) atoms. The minimum atomic E-state index is -3.13. The Kier molecular flexibility index (Phi) is 10.2. The summed E-state index contributed by atoms with van der Waals surface area (Å²) in [4.78, 5) is 7.09. The van der Waals surface area contributed by atoms with Gasteiger partial charge >= 0.3 is 0 Å². The molecule has 8 heteroatoms. The summed E-state index contributed by atoms with van der Waals surface area (Å²) in [6.07, 6.45) is 7.59. The van der Waals surface area contributed by atoms with Gasteiger partial charge in [0.15, 0.2) is 5.96 Å². The highest BCUT2D eigenvalue weighted by Crippen LogP contribution is 2.09. The fourth-order valence-corrected chi connectivity index (χ4v) is 3.08. The molecule has 0 aromatic carbocycles. The van der Waals surface area contributed by atoms with Crippen LogP contribution >= 0.6 is 0 Å². The maximum absolute atomic E-state index is 11.0. The lowest BCUT2D eigenvalue weighted by atomic mass is 10.2. The van der Waals surface area contributed by atoms with Gasteiger partial charge < -0.3 is 15.5 Å². The summed E-state index contributed by atoms with van der Waals surface area (Å²) >= 11 is 0.